The van der Waals surface area contributed by atoms with Gasteiger partial charge in [-0.1, -0.05) is 30.3 Å². The summed E-state index contributed by atoms with van der Waals surface area (Å²) in [5, 5.41) is 10.2. The van der Waals surface area contributed by atoms with Gasteiger partial charge in [0.05, 0.1) is 5.69 Å². The van der Waals surface area contributed by atoms with E-state index >= 15 is 0 Å². The third kappa shape index (κ3) is 4.71. The van der Waals surface area contributed by atoms with Crippen molar-refractivity contribution in [2.45, 2.75) is 13.0 Å². The van der Waals surface area contributed by atoms with Crippen molar-refractivity contribution in [3.8, 4) is 5.75 Å². The van der Waals surface area contributed by atoms with Crippen LogP contribution in [0.15, 0.2) is 48.5 Å². The SMILES string of the molecule is Cc1ccccc1OC[C@H](O)CN1CCN(c2ccccc2F)CC1. The van der Waals surface area contributed by atoms with Crippen LogP contribution in [0.4, 0.5) is 10.1 Å². The molecule has 0 aliphatic carbocycles. The average molecular weight is 344 g/mol. The Bertz CT molecular complexity index is 687. The van der Waals surface area contributed by atoms with Crippen LogP contribution < -0.4 is 9.64 Å². The van der Waals surface area contributed by atoms with Crippen LogP contribution in [0.25, 0.3) is 0 Å². The van der Waals surface area contributed by atoms with Crippen molar-refractivity contribution in [1.82, 2.24) is 4.90 Å². The minimum atomic E-state index is -0.542. The van der Waals surface area contributed by atoms with Crippen molar-refractivity contribution in [3.05, 3.63) is 59.9 Å². The first-order valence-corrected chi connectivity index (χ1v) is 8.72. The summed E-state index contributed by atoms with van der Waals surface area (Å²) in [6.45, 7) is 5.95. The first-order chi connectivity index (χ1) is 12.1. The predicted octanol–water partition coefficient (Wildman–Crippen LogP) is 2.70. The molecule has 0 aromatic heterocycles. The van der Waals surface area contributed by atoms with Gasteiger partial charge in [0.2, 0.25) is 0 Å². The smallest absolute Gasteiger partial charge is 0.146 e. The summed E-state index contributed by atoms with van der Waals surface area (Å²) in [5.74, 6) is 0.633. The van der Waals surface area contributed by atoms with Crippen LogP contribution in [-0.2, 0) is 0 Å². The Balaban J connectivity index is 1.44. The molecule has 0 spiro atoms. The van der Waals surface area contributed by atoms with E-state index in [0.29, 0.717) is 12.2 Å². The van der Waals surface area contributed by atoms with Gasteiger partial charge in [0.15, 0.2) is 0 Å². The number of halogens is 1. The number of hydrogen-bond donors (Lipinski definition) is 1. The van der Waals surface area contributed by atoms with Crippen LogP contribution in [0.2, 0.25) is 0 Å². The molecule has 25 heavy (non-hydrogen) atoms. The summed E-state index contributed by atoms with van der Waals surface area (Å²) in [6, 6.07) is 14.7. The van der Waals surface area contributed by atoms with Crippen molar-refractivity contribution in [3.63, 3.8) is 0 Å². The van der Waals surface area contributed by atoms with Crippen LogP contribution >= 0.6 is 0 Å². The highest BCUT2D eigenvalue weighted by molar-refractivity contribution is 5.48. The predicted molar refractivity (Wildman–Crippen MR) is 97.7 cm³/mol. The summed E-state index contributed by atoms with van der Waals surface area (Å²) in [7, 11) is 0. The zero-order chi connectivity index (χ0) is 17.6. The third-order valence-electron chi connectivity index (χ3n) is 4.56. The molecule has 1 aliphatic heterocycles. The van der Waals surface area contributed by atoms with E-state index in [2.05, 4.69) is 9.80 Å². The Hall–Kier alpha value is -2.11. The molecule has 0 amide bonds. The van der Waals surface area contributed by atoms with E-state index in [1.54, 1.807) is 6.07 Å². The van der Waals surface area contributed by atoms with Crippen molar-refractivity contribution in [1.29, 1.82) is 0 Å². The largest absolute Gasteiger partial charge is 0.491 e. The van der Waals surface area contributed by atoms with Crippen molar-refractivity contribution >= 4 is 5.69 Å². The van der Waals surface area contributed by atoms with Crippen molar-refractivity contribution < 1.29 is 14.2 Å². The first kappa shape index (κ1) is 17.7. The lowest BCUT2D eigenvalue weighted by Crippen LogP contribution is -2.49. The number of piperazine rings is 1. The number of rotatable bonds is 6. The molecule has 0 saturated carbocycles. The maximum Gasteiger partial charge on any atom is 0.146 e. The molecule has 2 aromatic rings. The van der Waals surface area contributed by atoms with Gasteiger partial charge in [0.25, 0.3) is 0 Å². The topological polar surface area (TPSA) is 35.9 Å². The van der Waals surface area contributed by atoms with Crippen LogP contribution in [0.5, 0.6) is 5.75 Å². The number of β-amino-alcohol motifs (C(OH)–C–C–N with tert-alkyl or cyclic N) is 1. The molecule has 1 aliphatic rings. The zero-order valence-electron chi connectivity index (χ0n) is 14.6. The molecular formula is C20H25FN2O2. The molecule has 0 unspecified atom stereocenters. The highest BCUT2D eigenvalue weighted by Crippen LogP contribution is 2.20. The molecular weight excluding hydrogens is 319 g/mol. The fourth-order valence-electron chi connectivity index (χ4n) is 3.13. The summed E-state index contributed by atoms with van der Waals surface area (Å²) in [5.41, 5.74) is 1.72. The molecule has 1 fully saturated rings. The lowest BCUT2D eigenvalue weighted by molar-refractivity contribution is 0.0660. The number of aliphatic hydroxyl groups excluding tert-OH is 1. The lowest BCUT2D eigenvalue weighted by Gasteiger charge is -2.37. The Labute approximate surface area is 148 Å². The summed E-state index contributed by atoms with van der Waals surface area (Å²) < 4.78 is 19.6. The second-order valence-electron chi connectivity index (χ2n) is 6.47. The van der Waals surface area contributed by atoms with Crippen LogP contribution in [0, 0.1) is 12.7 Å². The minimum absolute atomic E-state index is 0.178. The first-order valence-electron chi connectivity index (χ1n) is 8.72. The van der Waals surface area contributed by atoms with Crippen LogP contribution in [-0.4, -0.2) is 55.4 Å². The molecule has 2 aromatic carbocycles. The zero-order valence-corrected chi connectivity index (χ0v) is 14.6. The van der Waals surface area contributed by atoms with Gasteiger partial charge >= 0.3 is 0 Å². The summed E-state index contributed by atoms with van der Waals surface area (Å²) in [4.78, 5) is 4.26. The van der Waals surface area contributed by atoms with Crippen LogP contribution in [0.1, 0.15) is 5.56 Å². The molecule has 1 N–H and O–H groups in total. The van der Waals surface area contributed by atoms with E-state index in [4.69, 9.17) is 4.74 Å². The third-order valence-corrected chi connectivity index (χ3v) is 4.56. The number of nitrogens with zero attached hydrogens (tertiary/aromatic N) is 2. The molecule has 1 saturated heterocycles. The number of anilines is 1. The molecule has 134 valence electrons. The Kier molecular flexibility index (Phi) is 5.89. The van der Waals surface area contributed by atoms with Gasteiger partial charge < -0.3 is 14.7 Å². The summed E-state index contributed by atoms with van der Waals surface area (Å²) in [6.07, 6.45) is -0.542. The molecule has 5 heteroatoms. The molecule has 0 radical (unpaired) electrons. The lowest BCUT2D eigenvalue weighted by atomic mass is 10.2. The van der Waals surface area contributed by atoms with Crippen LogP contribution in [0.3, 0.4) is 0 Å². The van der Waals surface area contributed by atoms with Gasteiger partial charge in [-0.15, -0.1) is 0 Å². The van der Waals surface area contributed by atoms with Gasteiger partial charge in [-0.3, -0.25) is 4.90 Å². The maximum atomic E-state index is 13.9. The van der Waals surface area contributed by atoms with Gasteiger partial charge in [-0.2, -0.15) is 0 Å². The number of hydrogen-bond acceptors (Lipinski definition) is 4. The van der Waals surface area contributed by atoms with E-state index in [9.17, 15) is 9.50 Å². The Morgan fingerprint density at radius 2 is 1.72 bits per heavy atom. The second-order valence-corrected chi connectivity index (χ2v) is 6.47. The van der Waals surface area contributed by atoms with Gasteiger partial charge in [-0.05, 0) is 30.7 Å². The van der Waals surface area contributed by atoms with Gasteiger partial charge in [-0.25, -0.2) is 4.39 Å². The number of aryl methyl sites for hydroxylation is 1. The standard InChI is InChI=1S/C20H25FN2O2/c1-16-6-2-5-9-20(16)25-15-17(24)14-22-10-12-23(13-11-22)19-8-4-3-7-18(19)21/h2-9,17,24H,10-15H2,1H3/t17-/m1/s1. The molecule has 1 atom stereocenters. The van der Waals surface area contributed by atoms with Gasteiger partial charge in [0.1, 0.15) is 24.3 Å². The Morgan fingerprint density at radius 3 is 2.44 bits per heavy atom. The van der Waals surface area contributed by atoms with E-state index in [-0.39, 0.29) is 12.4 Å². The fourth-order valence-corrected chi connectivity index (χ4v) is 3.13. The number of para-hydroxylation sites is 2. The number of aliphatic hydroxyl groups is 1. The molecule has 3 rings (SSSR count). The highest BCUT2D eigenvalue weighted by atomic mass is 19.1. The molecule has 1 heterocycles. The Morgan fingerprint density at radius 1 is 1.04 bits per heavy atom. The summed E-state index contributed by atoms with van der Waals surface area (Å²) >= 11 is 0. The normalized spacial score (nSPS) is 16.7. The molecule has 4 nitrogen and oxygen atoms in total. The highest BCUT2D eigenvalue weighted by Gasteiger charge is 2.21. The van der Waals surface area contributed by atoms with E-state index < -0.39 is 6.10 Å². The monoisotopic (exact) mass is 344 g/mol. The van der Waals surface area contributed by atoms with E-state index in [0.717, 1.165) is 37.5 Å². The van der Waals surface area contributed by atoms with Gasteiger partial charge in [0, 0.05) is 32.7 Å². The quantitative estimate of drug-likeness (QED) is 0.874. The van der Waals surface area contributed by atoms with E-state index in [1.165, 1.54) is 6.07 Å². The number of ether oxygens (including phenoxy) is 1. The average Bonchev–Trinajstić information content (AvgIpc) is 2.62. The van der Waals surface area contributed by atoms with E-state index in [1.807, 2.05) is 43.3 Å². The maximum absolute atomic E-state index is 13.9. The number of benzene rings is 2. The molecule has 0 bridgehead atoms. The van der Waals surface area contributed by atoms with Crippen molar-refractivity contribution in [2.75, 3.05) is 44.2 Å². The van der Waals surface area contributed by atoms with Crippen molar-refractivity contribution in [2.24, 2.45) is 0 Å². The second kappa shape index (κ2) is 8.32. The minimum Gasteiger partial charge on any atom is -0.491 e. The fraction of sp³-hybridized carbons (Fsp3) is 0.400.